The molecule has 1 atom stereocenters. The second-order valence-corrected chi connectivity index (χ2v) is 4.67. The molecule has 0 N–H and O–H groups in total. The minimum absolute atomic E-state index is 0.337. The lowest BCUT2D eigenvalue weighted by molar-refractivity contribution is -0.00847. The third-order valence-electron chi connectivity index (χ3n) is 2.71. The van der Waals surface area contributed by atoms with E-state index in [1.165, 1.54) is 19.3 Å². The molecular weight excluding hydrogens is 190 g/mol. The van der Waals surface area contributed by atoms with Crippen LogP contribution in [0.25, 0.3) is 0 Å². The van der Waals surface area contributed by atoms with Crippen LogP contribution in [0.5, 0.6) is 0 Å². The highest BCUT2D eigenvalue weighted by atomic mass is 16.5. The van der Waals surface area contributed by atoms with Crippen LogP contribution in [0.2, 0.25) is 0 Å². The van der Waals surface area contributed by atoms with Gasteiger partial charge in [-0.3, -0.25) is 0 Å². The number of hydrogen-bond donors (Lipinski definition) is 0. The van der Waals surface area contributed by atoms with E-state index in [9.17, 15) is 0 Å². The van der Waals surface area contributed by atoms with Gasteiger partial charge in [-0.05, 0) is 40.2 Å². The maximum atomic E-state index is 5.69. The predicted molar refractivity (Wildman–Crippen MR) is 62.2 cm³/mol. The fourth-order valence-corrected chi connectivity index (χ4v) is 1.83. The molecule has 0 bridgehead atoms. The normalized spacial score (nSPS) is 22.6. The quantitative estimate of drug-likeness (QED) is 0.675. The van der Waals surface area contributed by atoms with Crippen molar-refractivity contribution < 1.29 is 9.47 Å². The summed E-state index contributed by atoms with van der Waals surface area (Å²) in [7, 11) is 2.14. The van der Waals surface area contributed by atoms with Crippen LogP contribution < -0.4 is 0 Å². The van der Waals surface area contributed by atoms with E-state index >= 15 is 0 Å². The second kappa shape index (κ2) is 7.20. The van der Waals surface area contributed by atoms with Crippen molar-refractivity contribution in [2.75, 3.05) is 33.4 Å². The first-order valence-corrected chi connectivity index (χ1v) is 6.10. The average molecular weight is 215 g/mol. The summed E-state index contributed by atoms with van der Waals surface area (Å²) in [5, 5.41) is 0. The molecule has 0 radical (unpaired) electrons. The van der Waals surface area contributed by atoms with Gasteiger partial charge in [0.25, 0.3) is 0 Å². The molecule has 1 unspecified atom stereocenters. The molecule has 0 spiro atoms. The molecule has 0 aromatic rings. The number of ether oxygens (including phenoxy) is 2. The van der Waals surface area contributed by atoms with E-state index in [0.717, 1.165) is 26.3 Å². The predicted octanol–water partition coefficient (Wildman–Crippen LogP) is 1.91. The fraction of sp³-hybridized carbons (Fsp3) is 1.00. The zero-order chi connectivity index (χ0) is 11.1. The lowest BCUT2D eigenvalue weighted by Gasteiger charge is -2.27. The Morgan fingerprint density at radius 1 is 1.40 bits per heavy atom. The topological polar surface area (TPSA) is 21.7 Å². The van der Waals surface area contributed by atoms with Gasteiger partial charge in [0.05, 0.1) is 18.8 Å². The Morgan fingerprint density at radius 2 is 2.20 bits per heavy atom. The van der Waals surface area contributed by atoms with E-state index in [-0.39, 0.29) is 0 Å². The lowest BCUT2D eigenvalue weighted by atomic mass is 10.1. The standard InChI is InChI=1S/C12H25NO2/c1-11(2)14-9-7-13(3)10-12-6-4-5-8-15-12/h11-12H,4-10H2,1-3H3. The first kappa shape index (κ1) is 12.9. The summed E-state index contributed by atoms with van der Waals surface area (Å²) in [5.41, 5.74) is 0. The smallest absolute Gasteiger partial charge is 0.0701 e. The van der Waals surface area contributed by atoms with E-state index < -0.39 is 0 Å². The second-order valence-electron chi connectivity index (χ2n) is 4.67. The summed E-state index contributed by atoms with van der Waals surface area (Å²) in [6, 6.07) is 0. The van der Waals surface area contributed by atoms with Crippen molar-refractivity contribution >= 4 is 0 Å². The molecule has 90 valence electrons. The Kier molecular flexibility index (Phi) is 6.22. The van der Waals surface area contributed by atoms with E-state index in [1.807, 2.05) is 0 Å². The highest BCUT2D eigenvalue weighted by Gasteiger charge is 2.15. The van der Waals surface area contributed by atoms with Gasteiger partial charge in [-0.2, -0.15) is 0 Å². The van der Waals surface area contributed by atoms with Crippen LogP contribution in [0.15, 0.2) is 0 Å². The Hall–Kier alpha value is -0.120. The Labute approximate surface area is 93.7 Å². The molecule has 1 heterocycles. The molecular formula is C12H25NO2. The summed E-state index contributed by atoms with van der Waals surface area (Å²) in [4.78, 5) is 2.30. The lowest BCUT2D eigenvalue weighted by Crippen LogP contribution is -2.35. The number of likely N-dealkylation sites (N-methyl/N-ethyl adjacent to an activating group) is 1. The van der Waals surface area contributed by atoms with Gasteiger partial charge in [0, 0.05) is 19.7 Å². The number of nitrogens with zero attached hydrogens (tertiary/aromatic N) is 1. The summed E-state index contributed by atoms with van der Waals surface area (Å²) >= 11 is 0. The fourth-order valence-electron chi connectivity index (χ4n) is 1.83. The minimum Gasteiger partial charge on any atom is -0.377 e. The van der Waals surface area contributed by atoms with Crippen molar-refractivity contribution in [3.8, 4) is 0 Å². The van der Waals surface area contributed by atoms with Gasteiger partial charge >= 0.3 is 0 Å². The molecule has 1 fully saturated rings. The number of rotatable bonds is 6. The molecule has 1 aliphatic rings. The molecule has 0 aliphatic carbocycles. The summed E-state index contributed by atoms with van der Waals surface area (Å²) < 4.78 is 11.2. The maximum absolute atomic E-state index is 5.69. The van der Waals surface area contributed by atoms with Crippen LogP contribution in [0.4, 0.5) is 0 Å². The molecule has 1 aliphatic heterocycles. The first-order valence-electron chi connectivity index (χ1n) is 6.10. The first-order chi connectivity index (χ1) is 7.18. The highest BCUT2D eigenvalue weighted by molar-refractivity contribution is 4.67. The molecule has 1 saturated heterocycles. The Balaban J connectivity index is 2.03. The van der Waals surface area contributed by atoms with Gasteiger partial charge in [0.15, 0.2) is 0 Å². The number of hydrogen-bond acceptors (Lipinski definition) is 3. The van der Waals surface area contributed by atoms with Crippen molar-refractivity contribution in [3.63, 3.8) is 0 Å². The van der Waals surface area contributed by atoms with Crippen molar-refractivity contribution in [1.82, 2.24) is 4.90 Å². The molecule has 0 aromatic carbocycles. The highest BCUT2D eigenvalue weighted by Crippen LogP contribution is 2.13. The van der Waals surface area contributed by atoms with E-state index in [4.69, 9.17) is 9.47 Å². The van der Waals surface area contributed by atoms with E-state index in [2.05, 4.69) is 25.8 Å². The van der Waals surface area contributed by atoms with Crippen LogP contribution in [0, 0.1) is 0 Å². The van der Waals surface area contributed by atoms with Crippen LogP contribution in [0.1, 0.15) is 33.1 Å². The van der Waals surface area contributed by atoms with E-state index in [0.29, 0.717) is 12.2 Å². The molecule has 0 aromatic heterocycles. The molecule has 0 amide bonds. The van der Waals surface area contributed by atoms with Gasteiger partial charge in [-0.1, -0.05) is 0 Å². The third-order valence-corrected chi connectivity index (χ3v) is 2.71. The minimum atomic E-state index is 0.337. The SMILES string of the molecule is CC(C)OCCN(C)CC1CCCCO1. The monoisotopic (exact) mass is 215 g/mol. The van der Waals surface area contributed by atoms with Crippen molar-refractivity contribution in [2.45, 2.75) is 45.3 Å². The van der Waals surface area contributed by atoms with Crippen LogP contribution in [-0.4, -0.2) is 50.5 Å². The van der Waals surface area contributed by atoms with Gasteiger partial charge in [0.1, 0.15) is 0 Å². The molecule has 15 heavy (non-hydrogen) atoms. The summed E-state index contributed by atoms with van der Waals surface area (Å²) in [6.45, 7) is 7.95. The van der Waals surface area contributed by atoms with Gasteiger partial charge < -0.3 is 14.4 Å². The summed E-state index contributed by atoms with van der Waals surface area (Å²) in [6.07, 6.45) is 4.56. The van der Waals surface area contributed by atoms with Crippen LogP contribution in [-0.2, 0) is 9.47 Å². The maximum Gasteiger partial charge on any atom is 0.0701 e. The molecule has 1 rings (SSSR count). The Morgan fingerprint density at radius 3 is 2.80 bits per heavy atom. The zero-order valence-corrected chi connectivity index (χ0v) is 10.4. The van der Waals surface area contributed by atoms with Gasteiger partial charge in [-0.15, -0.1) is 0 Å². The summed E-state index contributed by atoms with van der Waals surface area (Å²) in [5.74, 6) is 0. The van der Waals surface area contributed by atoms with Gasteiger partial charge in [0.2, 0.25) is 0 Å². The largest absolute Gasteiger partial charge is 0.377 e. The van der Waals surface area contributed by atoms with Crippen molar-refractivity contribution in [3.05, 3.63) is 0 Å². The van der Waals surface area contributed by atoms with Gasteiger partial charge in [-0.25, -0.2) is 0 Å². The van der Waals surface area contributed by atoms with Crippen molar-refractivity contribution in [2.24, 2.45) is 0 Å². The zero-order valence-electron chi connectivity index (χ0n) is 10.4. The molecule has 3 nitrogen and oxygen atoms in total. The van der Waals surface area contributed by atoms with Crippen LogP contribution in [0.3, 0.4) is 0 Å². The van der Waals surface area contributed by atoms with E-state index in [1.54, 1.807) is 0 Å². The average Bonchev–Trinajstić information content (AvgIpc) is 2.18. The Bertz CT molecular complexity index is 156. The molecule has 0 saturated carbocycles. The third kappa shape index (κ3) is 6.13. The van der Waals surface area contributed by atoms with Crippen LogP contribution >= 0.6 is 0 Å². The van der Waals surface area contributed by atoms with Crippen molar-refractivity contribution in [1.29, 1.82) is 0 Å². The molecule has 3 heteroatoms.